The Balaban J connectivity index is 2.47. The lowest BCUT2D eigenvalue weighted by Gasteiger charge is -2.25. The standard InChI is InChI=1S/C14H22O/c1-5-6-7-8-11-9-10-12(13(11)15)14(2,3)4/h1,11-12H,6-10H2,2-4H3/t11-,12-/m1/s1. The maximum absolute atomic E-state index is 12.1. The normalized spacial score (nSPS) is 26.7. The molecule has 0 aromatic rings. The lowest BCUT2D eigenvalue weighted by atomic mass is 9.78. The zero-order valence-electron chi connectivity index (χ0n) is 10.2. The summed E-state index contributed by atoms with van der Waals surface area (Å²) < 4.78 is 0. The van der Waals surface area contributed by atoms with Gasteiger partial charge in [0, 0.05) is 18.3 Å². The first-order valence-electron chi connectivity index (χ1n) is 5.94. The van der Waals surface area contributed by atoms with E-state index in [1.54, 1.807) is 0 Å². The second-order valence-corrected chi connectivity index (χ2v) is 5.69. The predicted octanol–water partition coefficient (Wildman–Crippen LogP) is 3.43. The van der Waals surface area contributed by atoms with Gasteiger partial charge in [-0.2, -0.15) is 0 Å². The van der Waals surface area contributed by atoms with Gasteiger partial charge in [0.15, 0.2) is 0 Å². The number of unbranched alkanes of at least 4 members (excludes halogenated alkanes) is 1. The Hall–Kier alpha value is -0.770. The number of terminal acetylenes is 1. The minimum absolute atomic E-state index is 0.137. The van der Waals surface area contributed by atoms with Crippen molar-refractivity contribution >= 4 is 5.78 Å². The molecule has 0 aromatic heterocycles. The first kappa shape index (κ1) is 12.3. The topological polar surface area (TPSA) is 17.1 Å². The molecule has 0 saturated heterocycles. The van der Waals surface area contributed by atoms with Crippen molar-refractivity contribution in [3.8, 4) is 12.3 Å². The van der Waals surface area contributed by atoms with Gasteiger partial charge in [-0.25, -0.2) is 0 Å². The third kappa shape index (κ3) is 3.09. The third-order valence-corrected chi connectivity index (χ3v) is 3.47. The first-order valence-corrected chi connectivity index (χ1v) is 5.94. The van der Waals surface area contributed by atoms with Crippen LogP contribution in [0.3, 0.4) is 0 Å². The molecule has 0 N–H and O–H groups in total. The van der Waals surface area contributed by atoms with Crippen LogP contribution in [-0.4, -0.2) is 5.78 Å². The van der Waals surface area contributed by atoms with Gasteiger partial charge >= 0.3 is 0 Å². The Labute approximate surface area is 93.6 Å². The van der Waals surface area contributed by atoms with Crippen molar-refractivity contribution in [1.29, 1.82) is 0 Å². The minimum atomic E-state index is 0.137. The van der Waals surface area contributed by atoms with E-state index in [-0.39, 0.29) is 11.3 Å². The van der Waals surface area contributed by atoms with Crippen LogP contribution in [0.4, 0.5) is 0 Å². The molecule has 0 spiro atoms. The largest absolute Gasteiger partial charge is 0.299 e. The van der Waals surface area contributed by atoms with E-state index >= 15 is 0 Å². The molecule has 1 nitrogen and oxygen atoms in total. The maximum Gasteiger partial charge on any atom is 0.139 e. The lowest BCUT2D eigenvalue weighted by molar-refractivity contribution is -0.126. The summed E-state index contributed by atoms with van der Waals surface area (Å²) in [6, 6.07) is 0. The summed E-state index contributed by atoms with van der Waals surface area (Å²) in [5, 5.41) is 0. The Morgan fingerprint density at radius 2 is 2.07 bits per heavy atom. The Morgan fingerprint density at radius 1 is 1.40 bits per heavy atom. The molecule has 0 radical (unpaired) electrons. The second kappa shape index (κ2) is 4.84. The van der Waals surface area contributed by atoms with E-state index in [0.717, 1.165) is 32.1 Å². The summed E-state index contributed by atoms with van der Waals surface area (Å²) in [6.45, 7) is 6.50. The summed E-state index contributed by atoms with van der Waals surface area (Å²) in [4.78, 5) is 12.1. The molecule has 1 aliphatic rings. The van der Waals surface area contributed by atoms with Crippen molar-refractivity contribution in [3.63, 3.8) is 0 Å². The van der Waals surface area contributed by atoms with Gasteiger partial charge in [0.05, 0.1) is 0 Å². The van der Waals surface area contributed by atoms with Crippen molar-refractivity contribution in [2.24, 2.45) is 17.3 Å². The molecule has 0 heterocycles. The van der Waals surface area contributed by atoms with E-state index < -0.39 is 0 Å². The number of hydrogen-bond acceptors (Lipinski definition) is 1. The van der Waals surface area contributed by atoms with Crippen LogP contribution in [0.25, 0.3) is 0 Å². The fraction of sp³-hybridized carbons (Fsp3) is 0.786. The van der Waals surface area contributed by atoms with Crippen LogP contribution in [0, 0.1) is 29.6 Å². The van der Waals surface area contributed by atoms with Crippen molar-refractivity contribution in [3.05, 3.63) is 0 Å². The van der Waals surface area contributed by atoms with Crippen molar-refractivity contribution in [1.82, 2.24) is 0 Å². The number of Topliss-reactive ketones (excluding diaryl/α,β-unsaturated/α-hetero) is 1. The van der Waals surface area contributed by atoms with Crippen LogP contribution in [0.2, 0.25) is 0 Å². The number of hydrogen-bond donors (Lipinski definition) is 0. The van der Waals surface area contributed by atoms with Crippen molar-refractivity contribution in [2.45, 2.75) is 52.9 Å². The Bertz CT molecular complexity index is 264. The zero-order chi connectivity index (χ0) is 11.5. The third-order valence-electron chi connectivity index (χ3n) is 3.47. The highest BCUT2D eigenvalue weighted by Crippen LogP contribution is 2.40. The van der Waals surface area contributed by atoms with Crippen LogP contribution < -0.4 is 0 Å². The van der Waals surface area contributed by atoms with Crippen LogP contribution in [0.5, 0.6) is 0 Å². The summed E-state index contributed by atoms with van der Waals surface area (Å²) in [7, 11) is 0. The molecule has 84 valence electrons. The van der Waals surface area contributed by atoms with E-state index in [1.165, 1.54) is 0 Å². The van der Waals surface area contributed by atoms with Gasteiger partial charge in [0.1, 0.15) is 5.78 Å². The van der Waals surface area contributed by atoms with E-state index in [4.69, 9.17) is 6.42 Å². The Morgan fingerprint density at radius 3 is 2.53 bits per heavy atom. The molecular weight excluding hydrogens is 184 g/mol. The van der Waals surface area contributed by atoms with E-state index in [1.807, 2.05) is 0 Å². The average Bonchev–Trinajstić information content (AvgIpc) is 2.47. The van der Waals surface area contributed by atoms with Crippen LogP contribution in [0.1, 0.15) is 52.9 Å². The van der Waals surface area contributed by atoms with Gasteiger partial charge in [0.2, 0.25) is 0 Å². The number of rotatable bonds is 3. The highest BCUT2D eigenvalue weighted by molar-refractivity contribution is 5.86. The van der Waals surface area contributed by atoms with Gasteiger partial charge in [-0.15, -0.1) is 12.3 Å². The molecule has 0 aromatic carbocycles. The van der Waals surface area contributed by atoms with E-state index in [0.29, 0.717) is 11.7 Å². The fourth-order valence-electron chi connectivity index (χ4n) is 2.53. The fourth-order valence-corrected chi connectivity index (χ4v) is 2.53. The van der Waals surface area contributed by atoms with Gasteiger partial charge in [-0.05, 0) is 31.1 Å². The quantitative estimate of drug-likeness (QED) is 0.510. The summed E-state index contributed by atoms with van der Waals surface area (Å²) in [5.74, 6) is 3.69. The van der Waals surface area contributed by atoms with E-state index in [2.05, 4.69) is 26.7 Å². The monoisotopic (exact) mass is 206 g/mol. The minimum Gasteiger partial charge on any atom is -0.299 e. The molecule has 1 saturated carbocycles. The SMILES string of the molecule is C#CCCC[C@@H]1CC[C@@H](C(C)(C)C)C1=O. The van der Waals surface area contributed by atoms with Crippen LogP contribution >= 0.6 is 0 Å². The zero-order valence-corrected chi connectivity index (χ0v) is 10.2. The highest BCUT2D eigenvalue weighted by atomic mass is 16.1. The number of ketones is 1. The molecule has 1 aliphatic carbocycles. The molecule has 0 bridgehead atoms. The second-order valence-electron chi connectivity index (χ2n) is 5.69. The van der Waals surface area contributed by atoms with Gasteiger partial charge in [-0.3, -0.25) is 4.79 Å². The van der Waals surface area contributed by atoms with E-state index in [9.17, 15) is 4.79 Å². The maximum atomic E-state index is 12.1. The molecule has 0 amide bonds. The molecule has 1 heteroatoms. The molecule has 2 atom stereocenters. The Kier molecular flexibility index (Phi) is 3.97. The molecular formula is C14H22O. The highest BCUT2D eigenvalue weighted by Gasteiger charge is 2.40. The number of carbonyl (C=O) groups is 1. The van der Waals surface area contributed by atoms with Crippen LogP contribution in [0.15, 0.2) is 0 Å². The summed E-state index contributed by atoms with van der Waals surface area (Å²) in [5.41, 5.74) is 0.137. The first-order chi connectivity index (χ1) is 6.96. The number of carbonyl (C=O) groups excluding carboxylic acids is 1. The van der Waals surface area contributed by atoms with Crippen LogP contribution in [-0.2, 0) is 4.79 Å². The molecule has 1 rings (SSSR count). The molecule has 15 heavy (non-hydrogen) atoms. The summed E-state index contributed by atoms with van der Waals surface area (Å²) >= 11 is 0. The van der Waals surface area contributed by atoms with Crippen molar-refractivity contribution < 1.29 is 4.79 Å². The van der Waals surface area contributed by atoms with Gasteiger partial charge < -0.3 is 0 Å². The molecule has 1 fully saturated rings. The smallest absolute Gasteiger partial charge is 0.139 e. The lowest BCUT2D eigenvalue weighted by Crippen LogP contribution is -2.26. The molecule has 0 aliphatic heterocycles. The molecule has 0 unspecified atom stereocenters. The van der Waals surface area contributed by atoms with Crippen molar-refractivity contribution in [2.75, 3.05) is 0 Å². The van der Waals surface area contributed by atoms with Gasteiger partial charge in [0.25, 0.3) is 0 Å². The average molecular weight is 206 g/mol. The van der Waals surface area contributed by atoms with Gasteiger partial charge in [-0.1, -0.05) is 20.8 Å². The summed E-state index contributed by atoms with van der Waals surface area (Å²) in [6.07, 6.45) is 10.2. The predicted molar refractivity (Wildman–Crippen MR) is 63.4 cm³/mol.